The summed E-state index contributed by atoms with van der Waals surface area (Å²) < 4.78 is 10.9. The largest absolute Gasteiger partial charge is 0.461 e. The molecule has 2 amide bonds. The van der Waals surface area contributed by atoms with Crippen molar-refractivity contribution in [3.63, 3.8) is 0 Å². The van der Waals surface area contributed by atoms with Crippen LogP contribution < -0.4 is 0 Å². The predicted molar refractivity (Wildman–Crippen MR) is 85.9 cm³/mol. The van der Waals surface area contributed by atoms with E-state index in [0.717, 1.165) is 44.9 Å². The van der Waals surface area contributed by atoms with Gasteiger partial charge < -0.3 is 9.47 Å². The quantitative estimate of drug-likeness (QED) is 0.580. The van der Waals surface area contributed by atoms with Gasteiger partial charge in [-0.3, -0.25) is 14.5 Å². The summed E-state index contributed by atoms with van der Waals surface area (Å²) in [4.78, 5) is 38.8. The molecule has 134 valence electrons. The maximum Gasteiger partial charge on any atom is 0.329 e. The van der Waals surface area contributed by atoms with Crippen LogP contribution in [-0.2, 0) is 23.9 Å². The third-order valence-corrected chi connectivity index (χ3v) is 5.80. The topological polar surface area (TPSA) is 72.9 Å². The number of carbonyl (C=O) groups is 3. The van der Waals surface area contributed by atoms with E-state index in [1.807, 2.05) is 0 Å². The molecule has 0 aromatic heterocycles. The number of esters is 1. The lowest BCUT2D eigenvalue weighted by atomic mass is 9.81. The number of likely N-dealkylation sites (tertiary alicyclic amines) is 1. The fraction of sp³-hybridized carbons (Fsp3) is 0.833. The number of rotatable bonds is 4. The summed E-state index contributed by atoms with van der Waals surface area (Å²) in [5.74, 6) is -1.31. The molecule has 24 heavy (non-hydrogen) atoms. The third-order valence-electron chi connectivity index (χ3n) is 5.80. The minimum absolute atomic E-state index is 0.116. The van der Waals surface area contributed by atoms with Crippen molar-refractivity contribution in [1.29, 1.82) is 0 Å². The number of amides is 2. The second kappa shape index (κ2) is 7.21. The van der Waals surface area contributed by atoms with Crippen molar-refractivity contribution in [2.75, 3.05) is 7.11 Å². The monoisotopic (exact) mass is 337 g/mol. The molecule has 0 bridgehead atoms. The molecule has 2 saturated carbocycles. The number of hydrogen-bond acceptors (Lipinski definition) is 5. The molecular formula is C18H27NO5. The van der Waals surface area contributed by atoms with Crippen molar-refractivity contribution >= 4 is 17.8 Å². The van der Waals surface area contributed by atoms with Crippen LogP contribution in [0.3, 0.4) is 0 Å². The Kier molecular flexibility index (Phi) is 5.23. The van der Waals surface area contributed by atoms with Crippen molar-refractivity contribution in [3.8, 4) is 0 Å². The van der Waals surface area contributed by atoms with Gasteiger partial charge in [-0.25, -0.2) is 4.79 Å². The van der Waals surface area contributed by atoms with Crippen LogP contribution in [0.2, 0.25) is 0 Å². The van der Waals surface area contributed by atoms with Gasteiger partial charge in [0.05, 0.1) is 17.9 Å². The zero-order valence-corrected chi connectivity index (χ0v) is 14.5. The Balaban J connectivity index is 1.63. The van der Waals surface area contributed by atoms with Crippen molar-refractivity contribution < 1.29 is 23.9 Å². The molecule has 5 atom stereocenters. The second-order valence-corrected chi connectivity index (χ2v) is 7.30. The summed E-state index contributed by atoms with van der Waals surface area (Å²) in [5.41, 5.74) is 0. The van der Waals surface area contributed by atoms with Crippen molar-refractivity contribution in [3.05, 3.63) is 0 Å². The first-order valence-electron chi connectivity index (χ1n) is 9.13. The molecule has 0 N–H and O–H groups in total. The van der Waals surface area contributed by atoms with Gasteiger partial charge in [0.1, 0.15) is 12.1 Å². The smallest absolute Gasteiger partial charge is 0.329 e. The van der Waals surface area contributed by atoms with Gasteiger partial charge >= 0.3 is 5.97 Å². The molecule has 3 rings (SSSR count). The molecule has 1 saturated heterocycles. The molecule has 0 spiro atoms. The lowest BCUT2D eigenvalue weighted by molar-refractivity contribution is -0.164. The first kappa shape index (κ1) is 17.4. The number of fused-ring (bicyclic) bond motifs is 1. The van der Waals surface area contributed by atoms with Crippen LogP contribution in [0.4, 0.5) is 0 Å². The third kappa shape index (κ3) is 3.21. The molecule has 3 aliphatic rings. The average molecular weight is 337 g/mol. The number of nitrogens with zero attached hydrogens (tertiary/aromatic N) is 1. The minimum Gasteiger partial charge on any atom is -0.461 e. The molecule has 0 aromatic rings. The van der Waals surface area contributed by atoms with E-state index in [-0.39, 0.29) is 35.9 Å². The van der Waals surface area contributed by atoms with Crippen LogP contribution >= 0.6 is 0 Å². The molecule has 0 radical (unpaired) electrons. The molecule has 1 heterocycles. The summed E-state index contributed by atoms with van der Waals surface area (Å²) in [6.07, 6.45) is 6.83. The maximum atomic E-state index is 12.6. The number of ether oxygens (including phenoxy) is 2. The van der Waals surface area contributed by atoms with E-state index in [9.17, 15) is 14.4 Å². The molecule has 0 unspecified atom stereocenters. The van der Waals surface area contributed by atoms with Gasteiger partial charge in [-0.15, -0.1) is 0 Å². The predicted octanol–water partition coefficient (Wildman–Crippen LogP) is 2.05. The Morgan fingerprint density at radius 2 is 1.58 bits per heavy atom. The standard InChI is InChI=1S/C18H27NO5/c1-11(18(22)24-13-7-5-6-12(10-13)23-2)19-16(20)14-8-3-4-9-15(14)17(19)21/h11-15H,3-10H2,1-2H3/t11-,12+,13-,14+,15+/m0/s1. The zero-order valence-electron chi connectivity index (χ0n) is 14.5. The average Bonchev–Trinajstić information content (AvgIpc) is 2.86. The van der Waals surface area contributed by atoms with Crippen molar-refractivity contribution in [2.45, 2.75) is 76.5 Å². The number of hydrogen-bond donors (Lipinski definition) is 0. The summed E-state index contributed by atoms with van der Waals surface area (Å²) >= 11 is 0. The lowest BCUT2D eigenvalue weighted by Crippen LogP contribution is -2.45. The van der Waals surface area contributed by atoms with Crippen molar-refractivity contribution in [2.24, 2.45) is 11.8 Å². The Bertz CT molecular complexity index is 496. The van der Waals surface area contributed by atoms with Gasteiger partial charge in [-0.1, -0.05) is 12.8 Å². The highest BCUT2D eigenvalue weighted by atomic mass is 16.5. The van der Waals surface area contributed by atoms with Gasteiger partial charge in [0.25, 0.3) is 0 Å². The molecular weight excluding hydrogens is 310 g/mol. The molecule has 6 nitrogen and oxygen atoms in total. The summed E-state index contributed by atoms with van der Waals surface area (Å²) in [6, 6.07) is -0.835. The van der Waals surface area contributed by atoms with Gasteiger partial charge in [0.15, 0.2) is 0 Å². The van der Waals surface area contributed by atoms with Gasteiger partial charge in [0.2, 0.25) is 11.8 Å². The molecule has 3 fully saturated rings. The Morgan fingerprint density at radius 1 is 1.00 bits per heavy atom. The normalized spacial score (nSPS) is 34.8. The first-order chi connectivity index (χ1) is 11.5. The van der Waals surface area contributed by atoms with Crippen LogP contribution in [0.1, 0.15) is 58.3 Å². The summed E-state index contributed by atoms with van der Waals surface area (Å²) in [6.45, 7) is 1.60. The SMILES string of the molecule is CO[C@@H]1CCC[C@H](OC(=O)[C@H](C)N2C(=O)[C@@H]3CCCC[C@H]3C2=O)C1. The highest BCUT2D eigenvalue weighted by molar-refractivity contribution is 6.07. The van der Waals surface area contributed by atoms with E-state index < -0.39 is 12.0 Å². The Hall–Kier alpha value is -1.43. The van der Waals surface area contributed by atoms with Crippen LogP contribution in [0, 0.1) is 11.8 Å². The van der Waals surface area contributed by atoms with E-state index in [2.05, 4.69) is 0 Å². The first-order valence-corrected chi connectivity index (χ1v) is 9.13. The van der Waals surface area contributed by atoms with E-state index in [0.29, 0.717) is 6.42 Å². The fourth-order valence-electron chi connectivity index (χ4n) is 4.36. The van der Waals surface area contributed by atoms with Crippen molar-refractivity contribution in [1.82, 2.24) is 4.90 Å². The molecule has 1 aliphatic heterocycles. The fourth-order valence-corrected chi connectivity index (χ4v) is 4.36. The number of carbonyl (C=O) groups excluding carboxylic acids is 3. The van der Waals surface area contributed by atoms with E-state index in [1.54, 1.807) is 14.0 Å². The van der Waals surface area contributed by atoms with E-state index in [4.69, 9.17) is 9.47 Å². The Labute approximate surface area is 142 Å². The number of methoxy groups -OCH3 is 1. The molecule has 0 aromatic carbocycles. The lowest BCUT2D eigenvalue weighted by Gasteiger charge is -2.30. The Morgan fingerprint density at radius 3 is 2.17 bits per heavy atom. The second-order valence-electron chi connectivity index (χ2n) is 7.30. The van der Waals surface area contributed by atoms with Gasteiger partial charge in [-0.05, 0) is 39.0 Å². The minimum atomic E-state index is -0.835. The summed E-state index contributed by atoms with van der Waals surface area (Å²) in [7, 11) is 1.67. The van der Waals surface area contributed by atoms with Crippen LogP contribution in [0.5, 0.6) is 0 Å². The highest BCUT2D eigenvalue weighted by Crippen LogP contribution is 2.39. The van der Waals surface area contributed by atoms with Crippen LogP contribution in [-0.4, -0.2) is 48.0 Å². The number of imide groups is 1. The highest BCUT2D eigenvalue weighted by Gasteiger charge is 2.51. The van der Waals surface area contributed by atoms with E-state index >= 15 is 0 Å². The van der Waals surface area contributed by atoms with E-state index in [1.165, 1.54) is 4.90 Å². The van der Waals surface area contributed by atoms with Gasteiger partial charge in [-0.2, -0.15) is 0 Å². The maximum absolute atomic E-state index is 12.6. The van der Waals surface area contributed by atoms with Gasteiger partial charge in [0, 0.05) is 13.5 Å². The molecule has 2 aliphatic carbocycles. The molecule has 6 heteroatoms. The van der Waals surface area contributed by atoms with Crippen LogP contribution in [0.25, 0.3) is 0 Å². The zero-order chi connectivity index (χ0) is 17.3. The van der Waals surface area contributed by atoms with Crippen LogP contribution in [0.15, 0.2) is 0 Å². The summed E-state index contributed by atoms with van der Waals surface area (Å²) in [5, 5.41) is 0.